The van der Waals surface area contributed by atoms with Gasteiger partial charge in [-0.15, -0.1) is 0 Å². The highest BCUT2D eigenvalue weighted by Gasteiger charge is 2.32. The molecule has 1 aromatic carbocycles. The van der Waals surface area contributed by atoms with Crippen LogP contribution in [0.4, 0.5) is 17.5 Å². The van der Waals surface area contributed by atoms with Gasteiger partial charge in [0.2, 0.25) is 17.8 Å². The van der Waals surface area contributed by atoms with Crippen LogP contribution in [-0.4, -0.2) is 67.2 Å². The summed E-state index contributed by atoms with van der Waals surface area (Å²) in [6.07, 6.45) is 6.30. The van der Waals surface area contributed by atoms with E-state index in [1.807, 2.05) is 27.7 Å². The van der Waals surface area contributed by atoms with Crippen molar-refractivity contribution in [2.24, 2.45) is 11.8 Å². The van der Waals surface area contributed by atoms with E-state index in [1.54, 1.807) is 6.20 Å². The van der Waals surface area contributed by atoms with Crippen LogP contribution in [0.3, 0.4) is 0 Å². The predicted octanol–water partition coefficient (Wildman–Crippen LogP) is 5.32. The Labute approximate surface area is 267 Å². The Bertz CT molecular complexity index is 1270. The molecule has 0 unspecified atom stereocenters. The van der Waals surface area contributed by atoms with Crippen LogP contribution in [0.15, 0.2) is 18.3 Å². The number of hydrogen-bond donors (Lipinski definition) is 4. The van der Waals surface area contributed by atoms with Crippen LogP contribution in [0.5, 0.6) is 5.75 Å². The van der Waals surface area contributed by atoms with Crippen LogP contribution in [0.25, 0.3) is 0 Å². The lowest BCUT2D eigenvalue weighted by Gasteiger charge is -2.38. The number of ether oxygens (including phenoxy) is 1. The fourth-order valence-electron chi connectivity index (χ4n) is 6.40. The number of nitrogens with one attached hydrogen (secondary N) is 4. The Hall–Kier alpha value is -3.11. The second-order valence-corrected chi connectivity index (χ2v) is 12.9. The van der Waals surface area contributed by atoms with E-state index in [0.717, 1.165) is 50.2 Å². The number of halogens is 1. The molecule has 0 bridgehead atoms. The van der Waals surface area contributed by atoms with Gasteiger partial charge < -0.3 is 30.9 Å². The van der Waals surface area contributed by atoms with Crippen molar-refractivity contribution < 1.29 is 14.3 Å². The van der Waals surface area contributed by atoms with Gasteiger partial charge in [0.1, 0.15) is 10.8 Å². The summed E-state index contributed by atoms with van der Waals surface area (Å²) in [5.41, 5.74) is 3.34. The number of amides is 2. The van der Waals surface area contributed by atoms with Crippen LogP contribution in [0, 0.1) is 18.8 Å². The molecule has 0 radical (unpaired) electrons. The average molecular weight is 628 g/mol. The molecular weight excluding hydrogens is 578 g/mol. The van der Waals surface area contributed by atoms with Crippen LogP contribution in [0.1, 0.15) is 83.3 Å². The third-order valence-corrected chi connectivity index (χ3v) is 8.57. The maximum Gasteiger partial charge on any atom is 0.229 e. The van der Waals surface area contributed by atoms with Crippen molar-refractivity contribution in [3.63, 3.8) is 0 Å². The van der Waals surface area contributed by atoms with Crippen LogP contribution >= 0.6 is 11.6 Å². The molecule has 10 nitrogen and oxygen atoms in total. The number of hydrogen-bond acceptors (Lipinski definition) is 8. The van der Waals surface area contributed by atoms with Gasteiger partial charge in [-0.1, -0.05) is 18.5 Å². The number of anilines is 3. The van der Waals surface area contributed by atoms with Crippen LogP contribution in [0.2, 0.25) is 5.02 Å². The van der Waals surface area contributed by atoms with Crippen molar-refractivity contribution in [1.82, 2.24) is 25.9 Å². The zero-order valence-electron chi connectivity index (χ0n) is 27.0. The van der Waals surface area contributed by atoms with Gasteiger partial charge in [0.05, 0.1) is 18.0 Å². The summed E-state index contributed by atoms with van der Waals surface area (Å²) in [6.45, 7) is 14.7. The molecule has 11 heteroatoms. The standard InChI is InChI=1S/C33H50ClN7O3/c1-6-10-37-31(43)16-24-14-23(15-30(42)36-7-2)19-41(20-24)32-27(34)18-38-33(40-32)39-28-13-22(5)26(17-29(28)44-21(3)4)25-8-11-35-12-9-25/h13,17-18,21,23-25,35H,6-12,14-16,19-20H2,1-5H3,(H,36,42)(H,37,43)(H,38,39,40)/t23-,24+/m0/s1. The third-order valence-electron chi connectivity index (χ3n) is 8.30. The molecule has 2 aliphatic heterocycles. The van der Waals surface area contributed by atoms with E-state index >= 15 is 0 Å². The van der Waals surface area contributed by atoms with E-state index in [2.05, 4.69) is 50.2 Å². The van der Waals surface area contributed by atoms with E-state index in [-0.39, 0.29) is 29.8 Å². The normalized spacial score (nSPS) is 19.1. The molecule has 0 aliphatic carbocycles. The number of aryl methyl sites for hydroxylation is 1. The van der Waals surface area contributed by atoms with Gasteiger partial charge in [0, 0.05) is 39.0 Å². The predicted molar refractivity (Wildman–Crippen MR) is 177 cm³/mol. The monoisotopic (exact) mass is 627 g/mol. The molecule has 0 spiro atoms. The van der Waals surface area contributed by atoms with E-state index in [0.29, 0.717) is 61.7 Å². The topological polar surface area (TPSA) is 121 Å². The minimum atomic E-state index is 0.00229. The van der Waals surface area contributed by atoms with E-state index in [9.17, 15) is 9.59 Å². The minimum absolute atomic E-state index is 0.00229. The summed E-state index contributed by atoms with van der Waals surface area (Å²) >= 11 is 6.71. The first-order valence-electron chi connectivity index (χ1n) is 16.3. The van der Waals surface area contributed by atoms with Crippen LogP contribution in [-0.2, 0) is 9.59 Å². The van der Waals surface area contributed by atoms with Crippen LogP contribution < -0.4 is 30.9 Å². The van der Waals surface area contributed by atoms with E-state index < -0.39 is 0 Å². The minimum Gasteiger partial charge on any atom is -0.489 e. The summed E-state index contributed by atoms with van der Waals surface area (Å²) in [5, 5.41) is 13.2. The smallest absolute Gasteiger partial charge is 0.229 e. The molecule has 2 aliphatic rings. The zero-order valence-corrected chi connectivity index (χ0v) is 27.7. The van der Waals surface area contributed by atoms with Gasteiger partial charge in [-0.3, -0.25) is 9.59 Å². The second kappa shape index (κ2) is 16.3. The molecular formula is C33H50ClN7O3. The highest BCUT2D eigenvalue weighted by molar-refractivity contribution is 6.32. The van der Waals surface area contributed by atoms with E-state index in [1.165, 1.54) is 11.1 Å². The summed E-state index contributed by atoms with van der Waals surface area (Å²) in [5.74, 6) is 2.47. The van der Waals surface area contributed by atoms with Crippen molar-refractivity contribution in [3.05, 3.63) is 34.5 Å². The molecule has 3 heterocycles. The first-order valence-corrected chi connectivity index (χ1v) is 16.6. The number of rotatable bonds is 13. The Morgan fingerprint density at radius 3 is 2.41 bits per heavy atom. The maximum atomic E-state index is 12.6. The zero-order chi connectivity index (χ0) is 31.6. The molecule has 2 amide bonds. The first kappa shape index (κ1) is 33.8. The largest absolute Gasteiger partial charge is 0.489 e. The number of benzene rings is 1. The molecule has 0 saturated carbocycles. The summed E-state index contributed by atoms with van der Waals surface area (Å²) in [4.78, 5) is 36.7. The molecule has 242 valence electrons. The lowest BCUT2D eigenvalue weighted by atomic mass is 9.85. The van der Waals surface area contributed by atoms with Crippen molar-refractivity contribution in [1.29, 1.82) is 0 Å². The molecule has 4 N–H and O–H groups in total. The molecule has 4 rings (SSSR count). The SMILES string of the molecule is CCCNC(=O)C[C@H]1C[C@@H](CC(=O)NCC)CN(c2nc(Nc3cc(C)c(C4CCNCC4)cc3OC(C)C)ncc2Cl)C1. The summed E-state index contributed by atoms with van der Waals surface area (Å²) < 4.78 is 6.28. The Morgan fingerprint density at radius 2 is 1.77 bits per heavy atom. The maximum absolute atomic E-state index is 12.6. The molecule has 44 heavy (non-hydrogen) atoms. The summed E-state index contributed by atoms with van der Waals surface area (Å²) in [6, 6.07) is 4.30. The fourth-order valence-corrected chi connectivity index (χ4v) is 6.61. The van der Waals surface area contributed by atoms with Crippen molar-refractivity contribution >= 4 is 40.9 Å². The Balaban J connectivity index is 1.59. The number of nitrogens with zero attached hydrogens (tertiary/aromatic N) is 3. The van der Waals surface area contributed by atoms with Gasteiger partial charge in [-0.05, 0) is 107 Å². The van der Waals surface area contributed by atoms with E-state index in [4.69, 9.17) is 21.3 Å². The number of carbonyl (C=O) groups excluding carboxylic acids is 2. The number of piperidine rings is 2. The quantitative estimate of drug-likeness (QED) is 0.236. The number of aromatic nitrogens is 2. The molecule has 1 aromatic heterocycles. The van der Waals surface area contributed by atoms with Gasteiger partial charge >= 0.3 is 0 Å². The fraction of sp³-hybridized carbons (Fsp3) is 0.636. The Morgan fingerprint density at radius 1 is 1.09 bits per heavy atom. The lowest BCUT2D eigenvalue weighted by molar-refractivity contribution is -0.122. The summed E-state index contributed by atoms with van der Waals surface area (Å²) in [7, 11) is 0. The third kappa shape index (κ3) is 9.44. The van der Waals surface area contributed by atoms with Gasteiger partial charge in [0.15, 0.2) is 5.82 Å². The van der Waals surface area contributed by atoms with Gasteiger partial charge in [-0.2, -0.15) is 4.98 Å². The molecule has 2 aromatic rings. The van der Waals surface area contributed by atoms with Crippen molar-refractivity contribution in [2.45, 2.75) is 85.2 Å². The lowest BCUT2D eigenvalue weighted by Crippen LogP contribution is -2.44. The first-order chi connectivity index (χ1) is 21.2. The highest BCUT2D eigenvalue weighted by atomic mass is 35.5. The van der Waals surface area contributed by atoms with Gasteiger partial charge in [0.25, 0.3) is 0 Å². The average Bonchev–Trinajstić information content (AvgIpc) is 2.98. The Kier molecular flexibility index (Phi) is 12.5. The second-order valence-electron chi connectivity index (χ2n) is 12.5. The van der Waals surface area contributed by atoms with Crippen molar-refractivity contribution in [2.75, 3.05) is 49.5 Å². The van der Waals surface area contributed by atoms with Crippen molar-refractivity contribution in [3.8, 4) is 5.75 Å². The molecule has 2 saturated heterocycles. The number of carbonyl (C=O) groups is 2. The van der Waals surface area contributed by atoms with Gasteiger partial charge in [-0.25, -0.2) is 4.98 Å². The molecule has 2 atom stereocenters. The molecule has 2 fully saturated rings. The highest BCUT2D eigenvalue weighted by Crippen LogP contribution is 2.38.